The van der Waals surface area contributed by atoms with E-state index in [9.17, 15) is 4.79 Å². The van der Waals surface area contributed by atoms with Crippen molar-refractivity contribution in [1.82, 2.24) is 4.57 Å². The van der Waals surface area contributed by atoms with Gasteiger partial charge in [0, 0.05) is 11.5 Å². The van der Waals surface area contributed by atoms with E-state index in [4.69, 9.17) is 0 Å². The van der Waals surface area contributed by atoms with Crippen LogP contribution in [0.25, 0.3) is 10.9 Å². The first-order valence-corrected chi connectivity index (χ1v) is 4.10. The number of rotatable bonds is 0. The number of nitrogens with one attached hydrogen (secondary N) is 1. The van der Waals surface area contributed by atoms with E-state index >= 15 is 0 Å². The summed E-state index contributed by atoms with van der Waals surface area (Å²) in [4.78, 5) is 13.9. The molecular formula is C10H7N2O+. The fourth-order valence-electron chi connectivity index (χ4n) is 1.69. The van der Waals surface area contributed by atoms with Gasteiger partial charge in [-0.2, -0.15) is 4.57 Å². The summed E-state index contributed by atoms with van der Waals surface area (Å²) in [5.41, 5.74) is 1.78. The topological polar surface area (TPSA) is 36.0 Å². The summed E-state index contributed by atoms with van der Waals surface area (Å²) >= 11 is 0. The van der Waals surface area contributed by atoms with Gasteiger partial charge in [0.2, 0.25) is 12.0 Å². The summed E-state index contributed by atoms with van der Waals surface area (Å²) in [6.45, 7) is 0. The number of fused-ring (bicyclic) bond motifs is 3. The average molecular weight is 171 g/mol. The van der Waals surface area contributed by atoms with Gasteiger partial charge in [-0.05, 0) is 6.07 Å². The molecule has 3 heteroatoms. The Morgan fingerprint density at radius 1 is 1.23 bits per heavy atom. The normalized spacial score (nSPS) is 14.0. The minimum atomic E-state index is -0.0313. The molecular weight excluding hydrogens is 164 g/mol. The highest BCUT2D eigenvalue weighted by Gasteiger charge is 2.25. The van der Waals surface area contributed by atoms with Gasteiger partial charge in [-0.15, -0.1) is 0 Å². The van der Waals surface area contributed by atoms with Gasteiger partial charge in [-0.25, -0.2) is 9.79 Å². The molecule has 0 fully saturated rings. The molecule has 1 amide bonds. The van der Waals surface area contributed by atoms with Crippen LogP contribution >= 0.6 is 0 Å². The molecule has 0 aliphatic carbocycles. The smallest absolute Gasteiger partial charge is 0.237 e. The van der Waals surface area contributed by atoms with E-state index in [1.54, 1.807) is 6.34 Å². The fourth-order valence-corrected chi connectivity index (χ4v) is 1.69. The lowest BCUT2D eigenvalue weighted by Gasteiger charge is -1.85. The molecule has 0 bridgehead atoms. The summed E-state index contributed by atoms with van der Waals surface area (Å²) in [6.07, 6.45) is 1.69. The lowest BCUT2D eigenvalue weighted by Crippen LogP contribution is -2.70. The maximum Gasteiger partial charge on any atom is 0.378 e. The summed E-state index contributed by atoms with van der Waals surface area (Å²) in [5, 5.41) is 1.10. The van der Waals surface area contributed by atoms with Crippen LogP contribution in [0, 0.1) is 0 Å². The number of benzene rings is 1. The van der Waals surface area contributed by atoms with Crippen LogP contribution < -0.4 is 4.99 Å². The molecule has 0 radical (unpaired) electrons. The molecule has 1 aliphatic rings. The number of carbonyl (C=O) groups excluding carboxylic acids is 1. The van der Waals surface area contributed by atoms with Crippen molar-refractivity contribution in [2.24, 2.45) is 0 Å². The third-order valence-corrected chi connectivity index (χ3v) is 2.31. The van der Waals surface area contributed by atoms with Gasteiger partial charge in [0.15, 0.2) is 0 Å². The number of aromatic nitrogens is 1. The van der Waals surface area contributed by atoms with Gasteiger partial charge in [0.05, 0.1) is 0 Å². The largest absolute Gasteiger partial charge is 0.378 e. The highest BCUT2D eigenvalue weighted by atomic mass is 16.1. The molecule has 62 valence electrons. The standard InChI is InChI=1S/C10H6N2O/c13-10-9-5-7-3-1-2-4-8(7)12(9)6-11-10/h1-6H/p+1. The minimum absolute atomic E-state index is 0.0313. The Hall–Kier alpha value is -1.90. The van der Waals surface area contributed by atoms with E-state index in [2.05, 4.69) is 4.99 Å². The van der Waals surface area contributed by atoms with Crippen molar-refractivity contribution in [1.29, 1.82) is 0 Å². The van der Waals surface area contributed by atoms with Crippen LogP contribution in [-0.2, 0) is 0 Å². The van der Waals surface area contributed by atoms with Crippen molar-refractivity contribution < 1.29 is 9.79 Å². The van der Waals surface area contributed by atoms with E-state index in [0.717, 1.165) is 10.9 Å². The van der Waals surface area contributed by atoms with Crippen molar-refractivity contribution in [3.8, 4) is 0 Å². The molecule has 0 saturated carbocycles. The molecule has 2 heterocycles. The molecule has 1 N–H and O–H groups in total. The van der Waals surface area contributed by atoms with E-state index in [-0.39, 0.29) is 5.91 Å². The summed E-state index contributed by atoms with van der Waals surface area (Å²) in [6, 6.07) is 9.83. The Bertz CT molecular complexity index is 537. The van der Waals surface area contributed by atoms with Gasteiger partial charge in [-0.3, -0.25) is 0 Å². The zero-order valence-electron chi connectivity index (χ0n) is 6.82. The predicted molar refractivity (Wildman–Crippen MR) is 48.7 cm³/mol. The lowest BCUT2D eigenvalue weighted by atomic mass is 10.2. The first kappa shape index (κ1) is 6.60. The first-order chi connectivity index (χ1) is 6.36. The second-order valence-electron chi connectivity index (χ2n) is 3.06. The third-order valence-electron chi connectivity index (χ3n) is 2.31. The Kier molecular flexibility index (Phi) is 1.05. The van der Waals surface area contributed by atoms with Gasteiger partial charge < -0.3 is 0 Å². The van der Waals surface area contributed by atoms with E-state index in [1.807, 2.05) is 34.9 Å². The Labute approximate surface area is 74.3 Å². The van der Waals surface area contributed by atoms with Crippen molar-refractivity contribution in [3.63, 3.8) is 0 Å². The number of nitrogens with zero attached hydrogens (tertiary/aromatic N) is 1. The van der Waals surface area contributed by atoms with Crippen LogP contribution in [0.15, 0.2) is 30.3 Å². The quantitative estimate of drug-likeness (QED) is 0.583. The molecule has 3 rings (SSSR count). The molecule has 3 nitrogen and oxygen atoms in total. The van der Waals surface area contributed by atoms with Crippen LogP contribution in [-0.4, -0.2) is 16.8 Å². The molecule has 0 saturated heterocycles. The van der Waals surface area contributed by atoms with E-state index in [1.165, 1.54) is 0 Å². The third kappa shape index (κ3) is 0.731. The maximum atomic E-state index is 11.3. The van der Waals surface area contributed by atoms with Gasteiger partial charge in [0.25, 0.3) is 0 Å². The first-order valence-electron chi connectivity index (χ1n) is 4.10. The van der Waals surface area contributed by atoms with Crippen LogP contribution in [0.4, 0.5) is 0 Å². The molecule has 1 aromatic carbocycles. The van der Waals surface area contributed by atoms with Gasteiger partial charge in [-0.1, -0.05) is 18.2 Å². The molecule has 1 aromatic heterocycles. The SMILES string of the molecule is O=C1[NH+]=Cn2c1cc1ccccc12. The number of carbonyl (C=O) groups is 1. The van der Waals surface area contributed by atoms with Crippen molar-refractivity contribution in [3.05, 3.63) is 36.0 Å². The van der Waals surface area contributed by atoms with E-state index < -0.39 is 0 Å². The average Bonchev–Trinajstić information content (AvgIpc) is 2.67. The maximum absolute atomic E-state index is 11.3. The molecule has 0 spiro atoms. The Balaban J connectivity index is 2.51. The second kappa shape index (κ2) is 2.07. The predicted octanol–water partition coefficient (Wildman–Crippen LogP) is -0.248. The number of para-hydroxylation sites is 1. The van der Waals surface area contributed by atoms with Gasteiger partial charge in [0.1, 0.15) is 5.52 Å². The fraction of sp³-hybridized carbons (Fsp3) is 0. The molecule has 0 unspecified atom stereocenters. The molecule has 1 aliphatic heterocycles. The number of hydrogen-bond donors (Lipinski definition) is 1. The molecule has 13 heavy (non-hydrogen) atoms. The summed E-state index contributed by atoms with van der Waals surface area (Å²) in [7, 11) is 0. The van der Waals surface area contributed by atoms with Crippen LogP contribution in [0.5, 0.6) is 0 Å². The highest BCUT2D eigenvalue weighted by Crippen LogP contribution is 2.18. The monoisotopic (exact) mass is 171 g/mol. The number of amides is 1. The van der Waals surface area contributed by atoms with Crippen LogP contribution in [0.3, 0.4) is 0 Å². The zero-order chi connectivity index (χ0) is 8.84. The van der Waals surface area contributed by atoms with Crippen molar-refractivity contribution >= 4 is 23.1 Å². The molecule has 0 atom stereocenters. The number of hydrogen-bond acceptors (Lipinski definition) is 1. The lowest BCUT2D eigenvalue weighted by molar-refractivity contribution is -0.336. The minimum Gasteiger partial charge on any atom is -0.237 e. The van der Waals surface area contributed by atoms with Crippen molar-refractivity contribution in [2.75, 3.05) is 0 Å². The Morgan fingerprint density at radius 2 is 2.08 bits per heavy atom. The van der Waals surface area contributed by atoms with Gasteiger partial charge >= 0.3 is 5.91 Å². The summed E-state index contributed by atoms with van der Waals surface area (Å²) < 4.78 is 1.87. The van der Waals surface area contributed by atoms with Crippen LogP contribution in [0.2, 0.25) is 0 Å². The second-order valence-corrected chi connectivity index (χ2v) is 3.06. The molecule has 2 aromatic rings. The highest BCUT2D eigenvalue weighted by molar-refractivity contribution is 6.01. The van der Waals surface area contributed by atoms with E-state index in [0.29, 0.717) is 5.69 Å². The Morgan fingerprint density at radius 3 is 3.00 bits per heavy atom. The van der Waals surface area contributed by atoms with Crippen molar-refractivity contribution in [2.45, 2.75) is 0 Å². The van der Waals surface area contributed by atoms with Crippen LogP contribution in [0.1, 0.15) is 10.5 Å². The zero-order valence-corrected chi connectivity index (χ0v) is 6.82. The summed E-state index contributed by atoms with van der Waals surface area (Å²) in [5.74, 6) is -0.0313.